The zero-order valence-electron chi connectivity index (χ0n) is 15.6. The van der Waals surface area contributed by atoms with Gasteiger partial charge in [0.15, 0.2) is 17.2 Å². The highest BCUT2D eigenvalue weighted by Gasteiger charge is 2.23. The number of carbonyl (C=O) groups is 1. The quantitative estimate of drug-likeness (QED) is 0.557. The molecule has 2 N–H and O–H groups in total. The Morgan fingerprint density at radius 3 is 2.59 bits per heavy atom. The summed E-state index contributed by atoms with van der Waals surface area (Å²) in [7, 11) is 3.07. The SMILES string of the molecule is COc1cccc(-n2c(=O)n(C)c3c(C(N)=O)nc(-c4ccccc4Cl)nc32)c1. The van der Waals surface area contributed by atoms with Crippen LogP contribution < -0.4 is 16.2 Å². The lowest BCUT2D eigenvalue weighted by molar-refractivity contribution is 0.0997. The summed E-state index contributed by atoms with van der Waals surface area (Å²) in [5, 5.41) is 0.411. The Balaban J connectivity index is 2.13. The normalized spacial score (nSPS) is 11.0. The van der Waals surface area contributed by atoms with Crippen molar-refractivity contribution in [2.24, 2.45) is 12.8 Å². The minimum absolute atomic E-state index is 0.0637. The minimum atomic E-state index is -0.774. The summed E-state index contributed by atoms with van der Waals surface area (Å²) >= 11 is 6.29. The Hall–Kier alpha value is -3.65. The third-order valence-corrected chi connectivity index (χ3v) is 4.88. The lowest BCUT2D eigenvalue weighted by Gasteiger charge is -2.08. The third-order valence-electron chi connectivity index (χ3n) is 4.55. The van der Waals surface area contributed by atoms with E-state index in [-0.39, 0.29) is 22.7 Å². The maximum atomic E-state index is 13.0. The molecule has 0 unspecified atom stereocenters. The molecule has 0 saturated carbocycles. The topological polar surface area (TPSA) is 105 Å². The maximum absolute atomic E-state index is 13.0. The number of imidazole rings is 1. The Labute approximate surface area is 170 Å². The number of rotatable bonds is 4. The Morgan fingerprint density at radius 2 is 1.90 bits per heavy atom. The first kappa shape index (κ1) is 18.7. The molecule has 2 aromatic heterocycles. The van der Waals surface area contributed by atoms with Gasteiger partial charge in [-0.25, -0.2) is 19.3 Å². The van der Waals surface area contributed by atoms with Gasteiger partial charge in [0.1, 0.15) is 11.3 Å². The molecule has 0 atom stereocenters. The van der Waals surface area contributed by atoms with Crippen molar-refractivity contribution in [3.05, 3.63) is 69.7 Å². The maximum Gasteiger partial charge on any atom is 0.334 e. The van der Waals surface area contributed by atoms with Crippen LogP contribution in [0.2, 0.25) is 5.02 Å². The summed E-state index contributed by atoms with van der Waals surface area (Å²) in [5.41, 5.74) is 6.63. The van der Waals surface area contributed by atoms with Crippen molar-refractivity contribution in [1.82, 2.24) is 19.1 Å². The van der Waals surface area contributed by atoms with Gasteiger partial charge in [0.05, 0.1) is 17.8 Å². The molecular weight excluding hydrogens is 394 g/mol. The highest BCUT2D eigenvalue weighted by Crippen LogP contribution is 2.28. The van der Waals surface area contributed by atoms with Crippen LogP contribution in [-0.2, 0) is 7.05 Å². The van der Waals surface area contributed by atoms with E-state index in [1.165, 1.54) is 23.3 Å². The smallest absolute Gasteiger partial charge is 0.334 e. The molecule has 4 aromatic rings. The number of aryl methyl sites for hydroxylation is 1. The fraction of sp³-hybridized carbons (Fsp3) is 0.100. The molecule has 8 nitrogen and oxygen atoms in total. The number of nitrogens with two attached hydrogens (primary N) is 1. The number of aromatic nitrogens is 4. The average molecular weight is 410 g/mol. The largest absolute Gasteiger partial charge is 0.497 e. The van der Waals surface area contributed by atoms with Crippen LogP contribution in [-0.4, -0.2) is 32.1 Å². The van der Waals surface area contributed by atoms with Crippen molar-refractivity contribution < 1.29 is 9.53 Å². The van der Waals surface area contributed by atoms with Crippen LogP contribution in [0.4, 0.5) is 0 Å². The fourth-order valence-corrected chi connectivity index (χ4v) is 3.38. The average Bonchev–Trinajstić information content (AvgIpc) is 2.98. The molecule has 0 bridgehead atoms. The number of ether oxygens (including phenoxy) is 1. The highest BCUT2D eigenvalue weighted by molar-refractivity contribution is 6.33. The van der Waals surface area contributed by atoms with Gasteiger partial charge in [0.2, 0.25) is 0 Å². The van der Waals surface area contributed by atoms with Crippen LogP contribution in [0.3, 0.4) is 0 Å². The predicted molar refractivity (Wildman–Crippen MR) is 110 cm³/mol. The van der Waals surface area contributed by atoms with Crippen molar-refractivity contribution in [1.29, 1.82) is 0 Å². The van der Waals surface area contributed by atoms with Crippen molar-refractivity contribution in [2.45, 2.75) is 0 Å². The van der Waals surface area contributed by atoms with Crippen molar-refractivity contribution in [3.63, 3.8) is 0 Å². The molecule has 2 aromatic carbocycles. The number of hydrogen-bond acceptors (Lipinski definition) is 5. The molecule has 0 saturated heterocycles. The summed E-state index contributed by atoms with van der Waals surface area (Å²) in [6.07, 6.45) is 0. The number of nitrogens with zero attached hydrogens (tertiary/aromatic N) is 4. The van der Waals surface area contributed by atoms with Gasteiger partial charge in [0.25, 0.3) is 5.91 Å². The number of halogens is 1. The first-order chi connectivity index (χ1) is 13.9. The summed E-state index contributed by atoms with van der Waals surface area (Å²) in [5.74, 6) is -0.00912. The van der Waals surface area contributed by atoms with E-state index in [4.69, 9.17) is 22.1 Å². The second-order valence-corrected chi connectivity index (χ2v) is 6.70. The molecule has 0 aliphatic heterocycles. The summed E-state index contributed by atoms with van der Waals surface area (Å²) in [6, 6.07) is 13.9. The first-order valence-corrected chi connectivity index (χ1v) is 8.98. The van der Waals surface area contributed by atoms with Gasteiger partial charge in [-0.1, -0.05) is 29.8 Å². The van der Waals surface area contributed by atoms with Crippen LogP contribution in [0.5, 0.6) is 5.75 Å². The van der Waals surface area contributed by atoms with E-state index in [1.807, 2.05) is 0 Å². The lowest BCUT2D eigenvalue weighted by atomic mass is 10.2. The number of methoxy groups -OCH3 is 1. The molecule has 0 aliphatic rings. The van der Waals surface area contributed by atoms with Crippen LogP contribution in [0.1, 0.15) is 10.5 Å². The predicted octanol–water partition coefficient (Wildman–Crippen LogP) is 2.55. The Bertz CT molecular complexity index is 1330. The molecule has 0 spiro atoms. The highest BCUT2D eigenvalue weighted by atomic mass is 35.5. The van der Waals surface area contributed by atoms with E-state index in [9.17, 15) is 9.59 Å². The molecule has 29 heavy (non-hydrogen) atoms. The lowest BCUT2D eigenvalue weighted by Crippen LogP contribution is -2.21. The van der Waals surface area contributed by atoms with Gasteiger partial charge in [-0.3, -0.25) is 9.36 Å². The van der Waals surface area contributed by atoms with Gasteiger partial charge in [-0.2, -0.15) is 0 Å². The monoisotopic (exact) mass is 409 g/mol. The van der Waals surface area contributed by atoms with Crippen LogP contribution in [0.25, 0.3) is 28.2 Å². The number of fused-ring (bicyclic) bond motifs is 1. The fourth-order valence-electron chi connectivity index (χ4n) is 3.16. The summed E-state index contributed by atoms with van der Waals surface area (Å²) in [4.78, 5) is 34.0. The molecule has 1 amide bonds. The second-order valence-electron chi connectivity index (χ2n) is 6.29. The van der Waals surface area contributed by atoms with Gasteiger partial charge >= 0.3 is 5.69 Å². The first-order valence-electron chi connectivity index (χ1n) is 8.61. The van der Waals surface area contributed by atoms with E-state index in [0.29, 0.717) is 22.0 Å². The third kappa shape index (κ3) is 3.03. The summed E-state index contributed by atoms with van der Waals surface area (Å²) < 4.78 is 7.94. The van der Waals surface area contributed by atoms with E-state index in [1.54, 1.807) is 48.5 Å². The van der Waals surface area contributed by atoms with E-state index in [0.717, 1.165) is 0 Å². The molecular formula is C20H16ClN5O3. The molecule has 4 rings (SSSR count). The van der Waals surface area contributed by atoms with Gasteiger partial charge in [-0.05, 0) is 24.3 Å². The van der Waals surface area contributed by atoms with Gasteiger partial charge in [-0.15, -0.1) is 0 Å². The number of benzene rings is 2. The van der Waals surface area contributed by atoms with Crippen LogP contribution >= 0.6 is 11.6 Å². The van der Waals surface area contributed by atoms with Crippen LogP contribution in [0, 0.1) is 0 Å². The molecule has 0 fully saturated rings. The van der Waals surface area contributed by atoms with Crippen LogP contribution in [0.15, 0.2) is 53.3 Å². The van der Waals surface area contributed by atoms with Crippen molar-refractivity contribution in [2.75, 3.05) is 7.11 Å². The van der Waals surface area contributed by atoms with E-state index >= 15 is 0 Å². The standard InChI is InChI=1S/C20H16ClN5O3/c1-25-16-15(17(22)27)23-18(13-8-3-4-9-14(13)21)24-19(16)26(20(25)28)11-6-5-7-12(10-11)29-2/h3-10H,1-2H3,(H2,22,27). The Kier molecular flexibility index (Phi) is 4.56. The van der Waals surface area contributed by atoms with Gasteiger partial charge < -0.3 is 10.5 Å². The molecule has 146 valence electrons. The molecule has 0 radical (unpaired) electrons. The Morgan fingerprint density at radius 1 is 1.14 bits per heavy atom. The molecule has 9 heteroatoms. The number of amides is 1. The number of primary amides is 1. The minimum Gasteiger partial charge on any atom is -0.497 e. The molecule has 2 heterocycles. The number of hydrogen-bond donors (Lipinski definition) is 1. The zero-order valence-corrected chi connectivity index (χ0v) is 16.3. The van der Waals surface area contributed by atoms with Gasteiger partial charge in [0, 0.05) is 18.7 Å². The van der Waals surface area contributed by atoms with E-state index < -0.39 is 11.6 Å². The zero-order chi connectivity index (χ0) is 20.7. The second kappa shape index (κ2) is 7.06. The van der Waals surface area contributed by atoms with E-state index in [2.05, 4.69) is 9.97 Å². The van der Waals surface area contributed by atoms with Crippen molar-refractivity contribution in [3.8, 4) is 22.8 Å². The molecule has 0 aliphatic carbocycles. The number of carbonyl (C=O) groups excluding carboxylic acids is 1. The summed E-state index contributed by atoms with van der Waals surface area (Å²) in [6.45, 7) is 0. The van der Waals surface area contributed by atoms with Crippen molar-refractivity contribution >= 4 is 28.7 Å².